The van der Waals surface area contributed by atoms with Crippen LogP contribution in [0.2, 0.25) is 0 Å². The van der Waals surface area contributed by atoms with E-state index < -0.39 is 11.9 Å². The molecule has 0 bridgehead atoms. The van der Waals surface area contributed by atoms with Crippen LogP contribution >= 0.6 is 11.8 Å². The highest BCUT2D eigenvalue weighted by atomic mass is 32.2. The number of benzene rings is 1. The van der Waals surface area contributed by atoms with E-state index in [-0.39, 0.29) is 12.2 Å². The van der Waals surface area contributed by atoms with Crippen molar-refractivity contribution in [2.45, 2.75) is 24.9 Å². The van der Waals surface area contributed by atoms with E-state index in [9.17, 15) is 9.59 Å². The van der Waals surface area contributed by atoms with E-state index in [4.69, 9.17) is 4.74 Å². The first-order chi connectivity index (χ1) is 14.0. The molecule has 2 heterocycles. The number of aryl methyl sites for hydroxylation is 1. The molecule has 0 fully saturated rings. The first-order valence-electron chi connectivity index (χ1n) is 9.16. The van der Waals surface area contributed by atoms with Gasteiger partial charge < -0.3 is 15.0 Å². The summed E-state index contributed by atoms with van der Waals surface area (Å²) in [5.74, 6) is -0.00362. The number of aromatic nitrogens is 2. The number of thioether (sulfide) groups is 1. The zero-order chi connectivity index (χ0) is 21.0. The van der Waals surface area contributed by atoms with Gasteiger partial charge in [0.1, 0.15) is 12.4 Å². The van der Waals surface area contributed by atoms with Crippen LogP contribution in [0.25, 0.3) is 0 Å². The number of anilines is 1. The van der Waals surface area contributed by atoms with Crippen molar-refractivity contribution in [3.05, 3.63) is 87.9 Å². The lowest BCUT2D eigenvalue weighted by molar-refractivity contribution is -0.138. The number of ether oxygens (including phenoxy) is 1. The summed E-state index contributed by atoms with van der Waals surface area (Å²) in [4.78, 5) is 33.3. The van der Waals surface area contributed by atoms with Gasteiger partial charge >= 0.3 is 5.97 Å². The van der Waals surface area contributed by atoms with E-state index in [0.717, 1.165) is 11.1 Å². The highest BCUT2D eigenvalue weighted by Gasteiger charge is 2.36. The molecule has 1 aliphatic rings. The van der Waals surface area contributed by atoms with Crippen molar-refractivity contribution in [3.63, 3.8) is 0 Å². The number of esters is 1. The van der Waals surface area contributed by atoms with Crippen molar-refractivity contribution in [1.29, 1.82) is 0 Å². The molecule has 0 spiro atoms. The van der Waals surface area contributed by atoms with Crippen molar-refractivity contribution in [1.82, 2.24) is 9.97 Å². The van der Waals surface area contributed by atoms with Gasteiger partial charge in [-0.3, -0.25) is 4.79 Å². The second kappa shape index (κ2) is 8.96. The lowest BCUT2D eigenvalue weighted by atomic mass is 9.82. The van der Waals surface area contributed by atoms with Gasteiger partial charge in [-0.1, -0.05) is 60.3 Å². The molecule has 1 atom stereocenters. The smallest absolute Gasteiger partial charge is 0.337 e. The number of nitrogens with zero attached hydrogens (tertiary/aromatic N) is 1. The summed E-state index contributed by atoms with van der Waals surface area (Å²) in [5.41, 5.74) is 2.97. The molecule has 1 aromatic carbocycles. The lowest BCUT2D eigenvalue weighted by Crippen LogP contribution is -2.31. The maximum atomic E-state index is 13.0. The molecule has 6 nitrogen and oxygen atoms in total. The van der Waals surface area contributed by atoms with Crippen LogP contribution in [0.5, 0.6) is 0 Å². The van der Waals surface area contributed by atoms with Crippen molar-refractivity contribution >= 4 is 23.5 Å². The summed E-state index contributed by atoms with van der Waals surface area (Å²) in [5, 5.41) is 3.62. The molecule has 1 aromatic heterocycles. The zero-order valence-corrected chi connectivity index (χ0v) is 17.3. The van der Waals surface area contributed by atoms with Gasteiger partial charge in [-0.05, 0) is 19.4 Å². The molecule has 0 saturated carbocycles. The van der Waals surface area contributed by atoms with Gasteiger partial charge in [0.25, 0.3) is 5.56 Å². The fraction of sp³-hybridized carbons (Fsp3) is 0.227. The molecule has 2 N–H and O–H groups in total. The van der Waals surface area contributed by atoms with E-state index >= 15 is 0 Å². The highest BCUT2D eigenvalue weighted by molar-refractivity contribution is 7.99. The number of hydrogen-bond donors (Lipinski definition) is 2. The fourth-order valence-electron chi connectivity index (χ4n) is 3.30. The predicted molar refractivity (Wildman–Crippen MR) is 116 cm³/mol. The molecule has 7 heteroatoms. The molecule has 1 unspecified atom stereocenters. The third-order valence-electron chi connectivity index (χ3n) is 4.49. The molecule has 1 aliphatic heterocycles. The average Bonchev–Trinajstić information content (AvgIpc) is 2.69. The normalized spacial score (nSPS) is 15.3. The van der Waals surface area contributed by atoms with Crippen LogP contribution in [0.1, 0.15) is 29.5 Å². The highest BCUT2D eigenvalue weighted by Crippen LogP contribution is 2.40. The number of carbonyl (C=O) groups is 1. The monoisotopic (exact) mass is 409 g/mol. The Kier molecular flexibility index (Phi) is 6.39. The Morgan fingerprint density at radius 1 is 1.31 bits per heavy atom. The van der Waals surface area contributed by atoms with Crippen LogP contribution in [0, 0.1) is 6.92 Å². The molecule has 29 heavy (non-hydrogen) atoms. The van der Waals surface area contributed by atoms with E-state index in [1.807, 2.05) is 31.2 Å². The molecule has 150 valence electrons. The van der Waals surface area contributed by atoms with Gasteiger partial charge in [0.15, 0.2) is 5.16 Å². The van der Waals surface area contributed by atoms with Crippen LogP contribution < -0.4 is 10.9 Å². The minimum absolute atomic E-state index is 0.0920. The molecule has 2 aromatic rings. The molecule has 0 radical (unpaired) electrons. The first kappa shape index (κ1) is 20.7. The second-order valence-electron chi connectivity index (χ2n) is 6.63. The van der Waals surface area contributed by atoms with Gasteiger partial charge in [0.05, 0.1) is 17.1 Å². The van der Waals surface area contributed by atoms with Gasteiger partial charge in [-0.25, -0.2) is 9.78 Å². The van der Waals surface area contributed by atoms with Crippen LogP contribution in [-0.4, -0.2) is 28.3 Å². The summed E-state index contributed by atoms with van der Waals surface area (Å²) in [6.07, 6.45) is 3.25. The summed E-state index contributed by atoms with van der Waals surface area (Å²) < 4.78 is 5.31. The first-order valence-corrected chi connectivity index (χ1v) is 10.1. The van der Waals surface area contributed by atoms with Gasteiger partial charge in [0.2, 0.25) is 0 Å². The summed E-state index contributed by atoms with van der Waals surface area (Å²) in [7, 11) is 0. The predicted octanol–water partition coefficient (Wildman–Crippen LogP) is 3.92. The Labute approximate surface area is 173 Å². The molecular weight excluding hydrogens is 386 g/mol. The fourth-order valence-corrected chi connectivity index (χ4v) is 3.90. The number of rotatable bonds is 7. The Balaban J connectivity index is 2.18. The molecular formula is C22H23N3O3S. The number of carbonyl (C=O) groups excluding carboxylic acids is 1. The van der Waals surface area contributed by atoms with Gasteiger partial charge in [-0.2, -0.15) is 0 Å². The van der Waals surface area contributed by atoms with Gasteiger partial charge in [-0.15, -0.1) is 6.58 Å². The maximum Gasteiger partial charge on any atom is 0.337 e. The topological polar surface area (TPSA) is 84.1 Å². The number of allylic oxidation sites excluding steroid dienone is 1. The Hall–Kier alpha value is -3.06. The minimum atomic E-state index is -0.585. The van der Waals surface area contributed by atoms with Crippen molar-refractivity contribution in [2.24, 2.45) is 0 Å². The zero-order valence-electron chi connectivity index (χ0n) is 16.5. The standard InChI is InChI=1S/C22H23N3O3S/c1-5-10-28-21(27)16-14(4)23-19-18(17(16)15-9-7-8-13(3)12-15)20(26)25-22(24-19)29-11-6-2/h5-9,12,17H,1-2,10-11H2,3-4H3,(H2,23,24,25,26). The van der Waals surface area contributed by atoms with E-state index in [0.29, 0.717) is 33.6 Å². The Morgan fingerprint density at radius 2 is 2.10 bits per heavy atom. The van der Waals surface area contributed by atoms with Crippen LogP contribution in [0.4, 0.5) is 5.82 Å². The average molecular weight is 410 g/mol. The summed E-state index contributed by atoms with van der Waals surface area (Å²) in [6, 6.07) is 7.74. The molecule has 3 rings (SSSR count). The largest absolute Gasteiger partial charge is 0.458 e. The van der Waals surface area contributed by atoms with Crippen molar-refractivity contribution in [2.75, 3.05) is 17.7 Å². The van der Waals surface area contributed by atoms with Gasteiger partial charge in [0, 0.05) is 11.4 Å². The summed E-state index contributed by atoms with van der Waals surface area (Å²) in [6.45, 7) is 11.1. The second-order valence-corrected chi connectivity index (χ2v) is 7.64. The third kappa shape index (κ3) is 4.35. The number of hydrogen-bond acceptors (Lipinski definition) is 6. The Bertz CT molecular complexity index is 1060. The molecule has 0 saturated heterocycles. The summed E-state index contributed by atoms with van der Waals surface area (Å²) >= 11 is 1.38. The van der Waals surface area contributed by atoms with E-state index in [1.54, 1.807) is 13.0 Å². The third-order valence-corrected chi connectivity index (χ3v) is 5.36. The SMILES string of the molecule is C=CCOC(=O)C1=C(C)Nc2nc(SCC=C)[nH]c(=O)c2C1c1cccc(C)c1. The Morgan fingerprint density at radius 3 is 2.79 bits per heavy atom. The van der Waals surface area contributed by atoms with E-state index in [2.05, 4.69) is 28.4 Å². The van der Waals surface area contributed by atoms with Crippen LogP contribution in [-0.2, 0) is 9.53 Å². The minimum Gasteiger partial charge on any atom is -0.458 e. The van der Waals surface area contributed by atoms with E-state index in [1.165, 1.54) is 17.8 Å². The number of aromatic amines is 1. The number of fused-ring (bicyclic) bond motifs is 1. The van der Waals surface area contributed by atoms with Crippen LogP contribution in [0.3, 0.4) is 0 Å². The van der Waals surface area contributed by atoms with Crippen molar-refractivity contribution in [3.8, 4) is 0 Å². The number of nitrogens with one attached hydrogen (secondary N) is 2. The molecule has 0 amide bonds. The van der Waals surface area contributed by atoms with Crippen LogP contribution in [0.15, 0.2) is 70.8 Å². The number of H-pyrrole nitrogens is 1. The quantitative estimate of drug-likeness (QED) is 0.312. The molecule has 0 aliphatic carbocycles. The van der Waals surface area contributed by atoms with Crippen molar-refractivity contribution < 1.29 is 9.53 Å². The maximum absolute atomic E-state index is 13.0. The lowest BCUT2D eigenvalue weighted by Gasteiger charge is -2.29.